The normalized spacial score (nSPS) is 9.70. The van der Waals surface area contributed by atoms with Crippen molar-refractivity contribution in [3.63, 3.8) is 0 Å². The summed E-state index contributed by atoms with van der Waals surface area (Å²) in [4.78, 5) is 35.2. The summed E-state index contributed by atoms with van der Waals surface area (Å²) in [7, 11) is 1.45. The van der Waals surface area contributed by atoms with Gasteiger partial charge in [0, 0.05) is 6.54 Å². The summed E-state index contributed by atoms with van der Waals surface area (Å²) < 4.78 is 5.05. The molecule has 1 aromatic rings. The molecule has 1 aromatic carbocycles. The van der Waals surface area contributed by atoms with Gasteiger partial charge in [0.05, 0.1) is 12.8 Å². The maximum Gasteiger partial charge on any atom is 0.318 e. The number of hydrogen-bond acceptors (Lipinski definition) is 5. The predicted octanol–water partition coefficient (Wildman–Crippen LogP) is -0.0325. The van der Waals surface area contributed by atoms with Crippen molar-refractivity contribution in [1.82, 2.24) is 4.90 Å². The molecule has 0 bridgehead atoms. The Hall–Kier alpha value is -2.41. The minimum atomic E-state index is -0.931. The van der Waals surface area contributed by atoms with E-state index in [9.17, 15) is 14.4 Å². The number of benzene rings is 1. The van der Waals surface area contributed by atoms with Crippen molar-refractivity contribution >= 4 is 23.9 Å². The third-order valence-corrected chi connectivity index (χ3v) is 2.54. The number of ether oxygens (including phenoxy) is 1. The number of carbonyl (C=O) groups is 3. The van der Waals surface area contributed by atoms with E-state index in [1.54, 1.807) is 24.3 Å². The van der Waals surface area contributed by atoms with Crippen LogP contribution in [-0.2, 0) is 14.4 Å². The van der Waals surface area contributed by atoms with Gasteiger partial charge < -0.3 is 15.8 Å². The first-order valence-electron chi connectivity index (χ1n) is 6.04. The second-order valence-corrected chi connectivity index (χ2v) is 3.90. The number of nitrogens with one attached hydrogen (secondary N) is 1. The molecule has 0 spiro atoms. The van der Waals surface area contributed by atoms with Crippen molar-refractivity contribution in [1.29, 1.82) is 0 Å². The smallest absolute Gasteiger partial charge is 0.318 e. The Labute approximate surface area is 116 Å². The summed E-state index contributed by atoms with van der Waals surface area (Å²) in [5, 5.41) is 2.41. The molecule has 0 fully saturated rings. The molecule has 0 aliphatic rings. The molecule has 0 saturated heterocycles. The van der Waals surface area contributed by atoms with Crippen LogP contribution < -0.4 is 15.8 Å². The van der Waals surface area contributed by atoms with Gasteiger partial charge in [0.15, 0.2) is 0 Å². The van der Waals surface area contributed by atoms with Crippen LogP contribution in [0.1, 0.15) is 6.42 Å². The monoisotopic (exact) mass is 279 g/mol. The second-order valence-electron chi connectivity index (χ2n) is 3.90. The Bertz CT molecular complexity index is 490. The lowest BCUT2D eigenvalue weighted by Crippen LogP contribution is -2.40. The molecule has 0 saturated carbocycles. The van der Waals surface area contributed by atoms with E-state index in [1.807, 2.05) is 0 Å². The zero-order valence-corrected chi connectivity index (χ0v) is 11.2. The lowest BCUT2D eigenvalue weighted by molar-refractivity contribution is -0.146. The molecule has 3 N–H and O–H groups in total. The summed E-state index contributed by atoms with van der Waals surface area (Å²) in [6.45, 7) is 0.434. The summed E-state index contributed by atoms with van der Waals surface area (Å²) in [5.74, 6) is -1.41. The molecule has 108 valence electrons. The SMILES string of the molecule is COc1ccccc1NC(=O)C(=O)N(C=O)CCCN. The second kappa shape index (κ2) is 7.90. The number of amides is 3. The maximum atomic E-state index is 11.8. The molecule has 0 radical (unpaired) electrons. The van der Waals surface area contributed by atoms with Gasteiger partial charge in [-0.25, -0.2) is 0 Å². The van der Waals surface area contributed by atoms with E-state index in [4.69, 9.17) is 10.5 Å². The number of rotatable bonds is 6. The van der Waals surface area contributed by atoms with E-state index in [2.05, 4.69) is 5.32 Å². The summed E-state index contributed by atoms with van der Waals surface area (Å²) in [5.41, 5.74) is 5.66. The lowest BCUT2D eigenvalue weighted by atomic mass is 10.3. The Kier molecular flexibility index (Phi) is 6.18. The number of methoxy groups -OCH3 is 1. The van der Waals surface area contributed by atoms with Gasteiger partial charge in [0.2, 0.25) is 6.41 Å². The van der Waals surface area contributed by atoms with Gasteiger partial charge in [-0.15, -0.1) is 0 Å². The molecule has 3 amide bonds. The van der Waals surface area contributed by atoms with Crippen LogP contribution in [0.2, 0.25) is 0 Å². The van der Waals surface area contributed by atoms with E-state index in [-0.39, 0.29) is 6.54 Å². The minimum Gasteiger partial charge on any atom is -0.495 e. The number of nitrogens with zero attached hydrogens (tertiary/aromatic N) is 1. The average Bonchev–Trinajstić information content (AvgIpc) is 2.48. The van der Waals surface area contributed by atoms with E-state index in [0.29, 0.717) is 30.8 Å². The highest BCUT2D eigenvalue weighted by atomic mass is 16.5. The van der Waals surface area contributed by atoms with Gasteiger partial charge in [-0.05, 0) is 25.1 Å². The fourth-order valence-corrected chi connectivity index (χ4v) is 1.52. The fourth-order valence-electron chi connectivity index (χ4n) is 1.52. The van der Waals surface area contributed by atoms with Crippen LogP contribution in [0.25, 0.3) is 0 Å². The molecule has 1 rings (SSSR count). The number of anilines is 1. The van der Waals surface area contributed by atoms with Crippen LogP contribution in [0.3, 0.4) is 0 Å². The molecule has 7 nitrogen and oxygen atoms in total. The Morgan fingerprint density at radius 1 is 1.40 bits per heavy atom. The predicted molar refractivity (Wildman–Crippen MR) is 73.1 cm³/mol. The minimum absolute atomic E-state index is 0.109. The Balaban J connectivity index is 2.74. The van der Waals surface area contributed by atoms with E-state index < -0.39 is 11.8 Å². The number of imide groups is 1. The Morgan fingerprint density at radius 3 is 2.70 bits per heavy atom. The van der Waals surface area contributed by atoms with Gasteiger partial charge in [0.1, 0.15) is 5.75 Å². The number of nitrogens with two attached hydrogens (primary N) is 1. The summed E-state index contributed by atoms with van der Waals surface area (Å²) in [6.07, 6.45) is 0.756. The van der Waals surface area contributed by atoms with E-state index in [0.717, 1.165) is 4.90 Å². The van der Waals surface area contributed by atoms with Gasteiger partial charge in [-0.2, -0.15) is 0 Å². The summed E-state index contributed by atoms with van der Waals surface area (Å²) in [6, 6.07) is 6.66. The highest BCUT2D eigenvalue weighted by Crippen LogP contribution is 2.22. The zero-order valence-electron chi connectivity index (χ0n) is 11.2. The van der Waals surface area contributed by atoms with Crippen molar-refractivity contribution in [2.45, 2.75) is 6.42 Å². The quantitative estimate of drug-likeness (QED) is 0.562. The summed E-state index contributed by atoms with van der Waals surface area (Å²) >= 11 is 0. The first kappa shape index (κ1) is 15.6. The van der Waals surface area contributed by atoms with E-state index in [1.165, 1.54) is 7.11 Å². The van der Waals surface area contributed by atoms with Crippen molar-refractivity contribution in [2.75, 3.05) is 25.5 Å². The molecular weight excluding hydrogens is 262 g/mol. The van der Waals surface area contributed by atoms with Crippen LogP contribution >= 0.6 is 0 Å². The Morgan fingerprint density at radius 2 is 2.10 bits per heavy atom. The molecule has 0 aliphatic carbocycles. The van der Waals surface area contributed by atoms with Crippen LogP contribution in [0.5, 0.6) is 5.75 Å². The molecule has 0 aliphatic heterocycles. The number of carbonyl (C=O) groups excluding carboxylic acids is 3. The van der Waals surface area contributed by atoms with Crippen LogP contribution in [0.15, 0.2) is 24.3 Å². The molecule has 0 aromatic heterocycles. The van der Waals surface area contributed by atoms with Crippen molar-refractivity contribution in [3.8, 4) is 5.75 Å². The largest absolute Gasteiger partial charge is 0.495 e. The van der Waals surface area contributed by atoms with Gasteiger partial charge in [-0.1, -0.05) is 12.1 Å². The molecule has 20 heavy (non-hydrogen) atoms. The molecule has 0 heterocycles. The molecule has 0 unspecified atom stereocenters. The van der Waals surface area contributed by atoms with Crippen molar-refractivity contribution in [2.24, 2.45) is 5.73 Å². The number of hydrogen-bond donors (Lipinski definition) is 2. The molecular formula is C13H17N3O4. The molecule has 0 atom stereocenters. The van der Waals surface area contributed by atoms with Crippen molar-refractivity contribution in [3.05, 3.63) is 24.3 Å². The number of para-hydroxylation sites is 2. The highest BCUT2D eigenvalue weighted by Gasteiger charge is 2.21. The first-order valence-corrected chi connectivity index (χ1v) is 6.04. The third-order valence-electron chi connectivity index (χ3n) is 2.54. The average molecular weight is 279 g/mol. The topological polar surface area (TPSA) is 102 Å². The van der Waals surface area contributed by atoms with Crippen LogP contribution in [0.4, 0.5) is 5.69 Å². The third kappa shape index (κ3) is 4.06. The van der Waals surface area contributed by atoms with E-state index >= 15 is 0 Å². The van der Waals surface area contributed by atoms with Crippen molar-refractivity contribution < 1.29 is 19.1 Å². The van der Waals surface area contributed by atoms with Gasteiger partial charge in [0.25, 0.3) is 0 Å². The standard InChI is InChI=1S/C13H17N3O4/c1-20-11-6-3-2-5-10(11)15-12(18)13(19)16(9-17)8-4-7-14/h2-3,5-6,9H,4,7-8,14H2,1H3,(H,15,18). The lowest BCUT2D eigenvalue weighted by Gasteiger charge is -2.15. The van der Waals surface area contributed by atoms with Crippen LogP contribution in [0, 0.1) is 0 Å². The maximum absolute atomic E-state index is 11.8. The zero-order chi connectivity index (χ0) is 15.0. The fraction of sp³-hybridized carbons (Fsp3) is 0.308. The highest BCUT2D eigenvalue weighted by molar-refractivity contribution is 6.41. The van der Waals surface area contributed by atoms with Crippen LogP contribution in [-0.4, -0.2) is 43.3 Å². The molecule has 7 heteroatoms. The van der Waals surface area contributed by atoms with Gasteiger partial charge in [-0.3, -0.25) is 19.3 Å². The van der Waals surface area contributed by atoms with Gasteiger partial charge >= 0.3 is 11.8 Å². The first-order chi connectivity index (χ1) is 9.63.